The molecule has 2 saturated heterocycles. The number of piperidine rings is 1. The first kappa shape index (κ1) is 21.9. The third-order valence-electron chi connectivity index (χ3n) is 6.56. The van der Waals surface area contributed by atoms with Crippen molar-refractivity contribution >= 4 is 28.1 Å². The lowest BCUT2D eigenvalue weighted by molar-refractivity contribution is -0.135. The number of anilines is 2. The van der Waals surface area contributed by atoms with Crippen LogP contribution in [0.4, 0.5) is 10.8 Å². The Kier molecular flexibility index (Phi) is 6.32. The van der Waals surface area contributed by atoms with Crippen LogP contribution in [0.15, 0.2) is 42.6 Å². The summed E-state index contributed by atoms with van der Waals surface area (Å²) in [5.41, 5.74) is 3.45. The third kappa shape index (κ3) is 4.89. The summed E-state index contributed by atoms with van der Waals surface area (Å²) in [7, 11) is 0. The van der Waals surface area contributed by atoms with Gasteiger partial charge in [-0.25, -0.2) is 0 Å². The number of likely N-dealkylation sites (tertiary alicyclic amines) is 1. The number of nitrogens with one attached hydrogen (secondary N) is 1. The van der Waals surface area contributed by atoms with E-state index in [1.54, 1.807) is 11.3 Å². The number of rotatable bonds is 6. The number of amides is 1. The van der Waals surface area contributed by atoms with Crippen molar-refractivity contribution in [2.75, 3.05) is 36.4 Å². The highest BCUT2D eigenvalue weighted by Gasteiger charge is 2.33. The van der Waals surface area contributed by atoms with E-state index in [0.717, 1.165) is 47.6 Å². The van der Waals surface area contributed by atoms with Crippen LogP contribution in [0.3, 0.4) is 0 Å². The highest BCUT2D eigenvalue weighted by atomic mass is 32.1. The average molecular weight is 467 g/mol. The molecule has 2 aliphatic rings. The predicted octanol–water partition coefficient (Wildman–Crippen LogP) is 3.06. The number of aryl methyl sites for hydroxylation is 1. The molecule has 5 rings (SSSR count). The first-order valence-electron chi connectivity index (χ1n) is 11.6. The Morgan fingerprint density at radius 1 is 1.09 bits per heavy atom. The quantitative estimate of drug-likeness (QED) is 0.581. The largest absolute Gasteiger partial charge is 0.391 e. The van der Waals surface area contributed by atoms with Crippen LogP contribution in [0.25, 0.3) is 5.13 Å². The Bertz CT molecular complexity index is 1090. The van der Waals surface area contributed by atoms with Crippen LogP contribution >= 0.6 is 11.3 Å². The Hall–Kier alpha value is -2.91. The van der Waals surface area contributed by atoms with Gasteiger partial charge in [-0.05, 0) is 50.5 Å². The van der Waals surface area contributed by atoms with Crippen LogP contribution in [0.2, 0.25) is 0 Å². The smallest absolute Gasteiger partial charge is 0.225 e. The Morgan fingerprint density at radius 3 is 2.58 bits per heavy atom. The highest BCUT2D eigenvalue weighted by Crippen LogP contribution is 2.30. The zero-order valence-corrected chi connectivity index (χ0v) is 19.7. The van der Waals surface area contributed by atoms with Gasteiger partial charge in [-0.3, -0.25) is 9.36 Å². The number of hydrogen-bond donors (Lipinski definition) is 2. The summed E-state index contributed by atoms with van der Waals surface area (Å²) < 4.78 is 2.08. The zero-order chi connectivity index (χ0) is 22.8. The molecule has 9 heteroatoms. The SMILES string of the molecule is Cc1ccc(NCc2cccn2-c2nnc(N3CCC(C(=O)N4CCC(O)C4)CC3)s2)cc1. The minimum Gasteiger partial charge on any atom is -0.391 e. The van der Waals surface area contributed by atoms with Gasteiger partial charge in [0.25, 0.3) is 0 Å². The van der Waals surface area contributed by atoms with Gasteiger partial charge in [0.2, 0.25) is 16.2 Å². The summed E-state index contributed by atoms with van der Waals surface area (Å²) >= 11 is 1.58. The molecule has 3 aromatic rings. The molecular weight excluding hydrogens is 436 g/mol. The van der Waals surface area contributed by atoms with Gasteiger partial charge in [0.1, 0.15) is 0 Å². The molecule has 1 unspecified atom stereocenters. The molecule has 2 fully saturated rings. The Morgan fingerprint density at radius 2 is 1.85 bits per heavy atom. The fourth-order valence-corrected chi connectivity index (χ4v) is 5.48. The van der Waals surface area contributed by atoms with Gasteiger partial charge in [0, 0.05) is 49.7 Å². The molecule has 1 amide bonds. The molecule has 2 aromatic heterocycles. The lowest BCUT2D eigenvalue weighted by Gasteiger charge is -2.32. The fourth-order valence-electron chi connectivity index (χ4n) is 4.56. The van der Waals surface area contributed by atoms with E-state index in [1.165, 1.54) is 5.56 Å². The molecule has 33 heavy (non-hydrogen) atoms. The molecule has 0 bridgehead atoms. The van der Waals surface area contributed by atoms with Crippen LogP contribution in [-0.4, -0.2) is 63.0 Å². The second-order valence-corrected chi connectivity index (χ2v) is 9.88. The van der Waals surface area contributed by atoms with Gasteiger partial charge in [-0.15, -0.1) is 10.2 Å². The summed E-state index contributed by atoms with van der Waals surface area (Å²) in [6, 6.07) is 12.5. The van der Waals surface area contributed by atoms with E-state index in [2.05, 4.69) is 62.2 Å². The summed E-state index contributed by atoms with van der Waals surface area (Å²) in [6.07, 6.45) is 3.98. The van der Waals surface area contributed by atoms with Crippen molar-refractivity contribution in [3.8, 4) is 5.13 Å². The molecule has 0 radical (unpaired) electrons. The van der Waals surface area contributed by atoms with E-state index in [9.17, 15) is 9.90 Å². The summed E-state index contributed by atoms with van der Waals surface area (Å²) in [6.45, 7) is 5.55. The van der Waals surface area contributed by atoms with Crippen LogP contribution in [0, 0.1) is 12.8 Å². The number of nitrogens with zero attached hydrogens (tertiary/aromatic N) is 5. The molecule has 0 saturated carbocycles. The number of aromatic nitrogens is 3. The summed E-state index contributed by atoms with van der Waals surface area (Å²) in [4.78, 5) is 16.8. The first-order valence-corrected chi connectivity index (χ1v) is 12.4. The molecule has 174 valence electrons. The average Bonchev–Trinajstić information content (AvgIpc) is 3.59. The molecule has 8 nitrogen and oxygen atoms in total. The monoisotopic (exact) mass is 466 g/mol. The van der Waals surface area contributed by atoms with Crippen LogP contribution in [-0.2, 0) is 11.3 Å². The molecular formula is C24H30N6O2S. The van der Waals surface area contributed by atoms with Gasteiger partial charge in [-0.2, -0.15) is 0 Å². The number of hydrogen-bond acceptors (Lipinski definition) is 7. The summed E-state index contributed by atoms with van der Waals surface area (Å²) in [5, 5.41) is 23.8. The van der Waals surface area contributed by atoms with Crippen molar-refractivity contribution in [3.05, 3.63) is 53.9 Å². The summed E-state index contributed by atoms with van der Waals surface area (Å²) in [5.74, 6) is 0.241. The van der Waals surface area contributed by atoms with E-state index in [4.69, 9.17) is 0 Å². The standard InChI is InChI=1S/C24H30N6O2S/c1-17-4-6-19(7-5-17)25-15-20-3-2-11-30(20)24-27-26-23(33-24)28-12-8-18(9-13-28)22(32)29-14-10-21(31)16-29/h2-7,11,18,21,25,31H,8-10,12-16H2,1H3. The number of aliphatic hydroxyl groups is 1. The minimum atomic E-state index is -0.362. The second-order valence-electron chi connectivity index (χ2n) is 8.94. The van der Waals surface area contributed by atoms with Crippen molar-refractivity contribution in [2.45, 2.75) is 38.8 Å². The number of benzene rings is 1. The van der Waals surface area contributed by atoms with Crippen molar-refractivity contribution in [2.24, 2.45) is 5.92 Å². The van der Waals surface area contributed by atoms with E-state index >= 15 is 0 Å². The van der Waals surface area contributed by atoms with Crippen LogP contribution in [0.1, 0.15) is 30.5 Å². The number of β-amino-alcohol motifs (C(OH)–C–C–N with tert-alkyl or cyclic N) is 1. The number of carbonyl (C=O) groups is 1. The maximum Gasteiger partial charge on any atom is 0.225 e. The molecule has 0 spiro atoms. The Balaban J connectivity index is 1.19. The van der Waals surface area contributed by atoms with Gasteiger partial charge < -0.3 is 20.2 Å². The Labute approximate surface area is 197 Å². The molecule has 1 aromatic carbocycles. The van der Waals surface area contributed by atoms with Gasteiger partial charge in [-0.1, -0.05) is 29.0 Å². The highest BCUT2D eigenvalue weighted by molar-refractivity contribution is 7.17. The number of aliphatic hydroxyl groups excluding tert-OH is 1. The number of carbonyl (C=O) groups excluding carboxylic acids is 1. The molecule has 0 aliphatic carbocycles. The minimum absolute atomic E-state index is 0.0443. The second kappa shape index (κ2) is 9.52. The van der Waals surface area contributed by atoms with E-state index < -0.39 is 0 Å². The van der Waals surface area contributed by atoms with Crippen LogP contribution < -0.4 is 10.2 Å². The van der Waals surface area contributed by atoms with E-state index in [0.29, 0.717) is 26.1 Å². The van der Waals surface area contributed by atoms with Crippen molar-refractivity contribution < 1.29 is 9.90 Å². The predicted molar refractivity (Wildman–Crippen MR) is 130 cm³/mol. The van der Waals surface area contributed by atoms with E-state index in [1.807, 2.05) is 17.2 Å². The van der Waals surface area contributed by atoms with Crippen molar-refractivity contribution in [3.63, 3.8) is 0 Å². The topological polar surface area (TPSA) is 86.5 Å². The lowest BCUT2D eigenvalue weighted by atomic mass is 9.95. The maximum absolute atomic E-state index is 12.7. The van der Waals surface area contributed by atoms with E-state index in [-0.39, 0.29) is 17.9 Å². The lowest BCUT2D eigenvalue weighted by Crippen LogP contribution is -2.42. The zero-order valence-electron chi connectivity index (χ0n) is 18.9. The van der Waals surface area contributed by atoms with Gasteiger partial charge >= 0.3 is 0 Å². The van der Waals surface area contributed by atoms with Crippen molar-refractivity contribution in [1.29, 1.82) is 0 Å². The molecule has 2 N–H and O–H groups in total. The molecule has 1 atom stereocenters. The third-order valence-corrected chi connectivity index (χ3v) is 7.54. The first-order chi connectivity index (χ1) is 16.1. The molecule has 2 aliphatic heterocycles. The van der Waals surface area contributed by atoms with Crippen LogP contribution in [0.5, 0.6) is 0 Å². The normalized spacial score (nSPS) is 19.3. The van der Waals surface area contributed by atoms with Gasteiger partial charge in [0.15, 0.2) is 0 Å². The maximum atomic E-state index is 12.7. The molecule has 4 heterocycles. The van der Waals surface area contributed by atoms with Gasteiger partial charge in [0.05, 0.1) is 12.6 Å². The van der Waals surface area contributed by atoms with Crippen molar-refractivity contribution in [1.82, 2.24) is 19.7 Å². The fraction of sp³-hybridized carbons (Fsp3) is 0.458.